The van der Waals surface area contributed by atoms with Gasteiger partial charge in [0.2, 0.25) is 0 Å². The van der Waals surface area contributed by atoms with Crippen LogP contribution >= 0.6 is 11.3 Å². The molecule has 0 aliphatic carbocycles. The Hall–Kier alpha value is -2.84. The largest absolute Gasteiger partial charge is 0.360 e. The van der Waals surface area contributed by atoms with Gasteiger partial charge in [-0.1, -0.05) is 75.0 Å². The molecule has 0 bridgehead atoms. The van der Waals surface area contributed by atoms with Crippen LogP contribution in [0.4, 0.5) is 0 Å². The number of thiophene rings is 1. The van der Waals surface area contributed by atoms with Crippen molar-refractivity contribution in [2.75, 3.05) is 26.2 Å². The molecule has 3 heteroatoms. The van der Waals surface area contributed by atoms with Gasteiger partial charge in [-0.2, -0.15) is 0 Å². The Morgan fingerprint density at radius 3 is 2.32 bits per heavy atom. The van der Waals surface area contributed by atoms with E-state index in [0.717, 1.165) is 44.8 Å². The summed E-state index contributed by atoms with van der Waals surface area (Å²) in [5.41, 5.74) is 7.14. The monoisotopic (exact) mass is 468 g/mol. The highest BCUT2D eigenvalue weighted by atomic mass is 32.1. The number of hydrogen-bond donors (Lipinski definition) is 0. The molecule has 0 saturated carbocycles. The lowest BCUT2D eigenvalue weighted by atomic mass is 10.1. The second-order valence-electron chi connectivity index (χ2n) is 8.91. The smallest absolute Gasteiger partial charge is 0.0975 e. The van der Waals surface area contributed by atoms with Gasteiger partial charge in [-0.25, -0.2) is 0 Å². The molecule has 0 aliphatic rings. The van der Waals surface area contributed by atoms with Crippen molar-refractivity contribution in [3.8, 4) is 0 Å². The maximum Gasteiger partial charge on any atom is 0.0975 e. The number of hydrogen-bond acceptors (Lipinski definition) is 3. The van der Waals surface area contributed by atoms with Gasteiger partial charge in [0, 0.05) is 17.8 Å². The molecule has 176 valence electrons. The maximum atomic E-state index is 4.14. The maximum absolute atomic E-state index is 4.14. The van der Waals surface area contributed by atoms with Gasteiger partial charge in [0.05, 0.1) is 10.6 Å². The molecule has 0 N–H and O–H groups in total. The van der Waals surface area contributed by atoms with Gasteiger partial charge in [0.25, 0.3) is 0 Å². The number of rotatable bonds is 11. The molecule has 4 rings (SSSR count). The lowest BCUT2D eigenvalue weighted by Gasteiger charge is -2.27. The van der Waals surface area contributed by atoms with Crippen molar-refractivity contribution >= 4 is 37.9 Å². The highest BCUT2D eigenvalue weighted by Crippen LogP contribution is 2.37. The summed E-state index contributed by atoms with van der Waals surface area (Å²) in [5.74, 6) is 0. The Morgan fingerprint density at radius 1 is 0.882 bits per heavy atom. The highest BCUT2D eigenvalue weighted by Gasteiger charge is 2.18. The Morgan fingerprint density at radius 2 is 1.59 bits per heavy atom. The fraction of sp³-hybridized carbons (Fsp3) is 0.323. The molecule has 3 aromatic carbocycles. The number of unbranched alkanes of at least 4 members (excludes halogenated alkanes) is 1. The summed E-state index contributed by atoms with van der Waals surface area (Å²) in [6.45, 7) is 16.1. The topological polar surface area (TPSA) is 6.48 Å². The summed E-state index contributed by atoms with van der Waals surface area (Å²) in [5, 5.41) is 3.92. The average molecular weight is 469 g/mol. The minimum atomic E-state index is 0.863. The highest BCUT2D eigenvalue weighted by molar-refractivity contribution is 7.20. The van der Waals surface area contributed by atoms with E-state index in [9.17, 15) is 0 Å². The Bertz CT molecular complexity index is 1290. The lowest BCUT2D eigenvalue weighted by molar-refractivity contribution is 0.286. The fourth-order valence-electron chi connectivity index (χ4n) is 4.74. The number of fused-ring (bicyclic) bond motifs is 2. The second-order valence-corrected chi connectivity index (χ2v) is 9.97. The third-order valence-electron chi connectivity index (χ3n) is 6.78. The van der Waals surface area contributed by atoms with E-state index in [0.29, 0.717) is 0 Å². The molecule has 0 radical (unpaired) electrons. The molecule has 0 saturated heterocycles. The molecule has 34 heavy (non-hydrogen) atoms. The van der Waals surface area contributed by atoms with E-state index in [2.05, 4.69) is 110 Å². The summed E-state index contributed by atoms with van der Waals surface area (Å²) in [6, 6.07) is 24.1. The van der Waals surface area contributed by atoms with Gasteiger partial charge < -0.3 is 9.80 Å². The van der Waals surface area contributed by atoms with Crippen molar-refractivity contribution in [2.45, 2.75) is 40.2 Å². The quantitative estimate of drug-likeness (QED) is 0.162. The van der Waals surface area contributed by atoms with Crippen LogP contribution in [-0.2, 0) is 6.54 Å². The van der Waals surface area contributed by atoms with Crippen LogP contribution in [0.1, 0.15) is 42.7 Å². The van der Waals surface area contributed by atoms with E-state index >= 15 is 0 Å². The lowest BCUT2D eigenvalue weighted by Crippen LogP contribution is -2.26. The van der Waals surface area contributed by atoms with Crippen LogP contribution in [0.2, 0.25) is 0 Å². The molecule has 0 atom stereocenters. The first-order valence-electron chi connectivity index (χ1n) is 12.5. The Kier molecular flexibility index (Phi) is 8.24. The van der Waals surface area contributed by atoms with Crippen LogP contribution in [-0.4, -0.2) is 36.0 Å². The summed E-state index contributed by atoms with van der Waals surface area (Å²) >= 11 is 1.86. The molecule has 1 aromatic heterocycles. The second kappa shape index (κ2) is 11.5. The van der Waals surface area contributed by atoms with E-state index in [-0.39, 0.29) is 0 Å². The summed E-state index contributed by atoms with van der Waals surface area (Å²) < 4.78 is 1.33. The number of benzene rings is 3. The van der Waals surface area contributed by atoms with E-state index in [1.165, 1.54) is 43.3 Å². The van der Waals surface area contributed by atoms with Gasteiger partial charge in [-0.05, 0) is 78.8 Å². The predicted molar refractivity (Wildman–Crippen MR) is 150 cm³/mol. The molecule has 1 heterocycles. The van der Waals surface area contributed by atoms with Gasteiger partial charge in [0.1, 0.15) is 0 Å². The summed E-state index contributed by atoms with van der Waals surface area (Å²) in [7, 11) is 0. The molecule has 2 nitrogen and oxygen atoms in total. The van der Waals surface area contributed by atoms with Crippen molar-refractivity contribution in [1.29, 1.82) is 0 Å². The van der Waals surface area contributed by atoms with Crippen LogP contribution in [0.15, 0.2) is 79.0 Å². The first-order valence-corrected chi connectivity index (χ1v) is 13.3. The van der Waals surface area contributed by atoms with Gasteiger partial charge >= 0.3 is 0 Å². The van der Waals surface area contributed by atoms with Crippen LogP contribution in [0.3, 0.4) is 0 Å². The molecule has 4 aromatic rings. The van der Waals surface area contributed by atoms with Crippen LogP contribution in [0.25, 0.3) is 26.6 Å². The summed E-state index contributed by atoms with van der Waals surface area (Å²) in [4.78, 5) is 6.30. The normalized spacial score (nSPS) is 11.3. The average Bonchev–Trinajstić information content (AvgIpc) is 3.20. The zero-order valence-electron chi connectivity index (χ0n) is 20.8. The van der Waals surface area contributed by atoms with Gasteiger partial charge in [-0.15, -0.1) is 17.1 Å². The third-order valence-corrected chi connectivity index (χ3v) is 8.06. The van der Waals surface area contributed by atoms with Crippen molar-refractivity contribution < 1.29 is 0 Å². The molecule has 0 spiro atoms. The Labute approximate surface area is 208 Å². The SMILES string of the molecule is C=C=C(c1sc2ccccc2c1C)N(CCCCN(CC)CC)Cc1ccc2ccccc2c1. The predicted octanol–water partition coefficient (Wildman–Crippen LogP) is 8.11. The summed E-state index contributed by atoms with van der Waals surface area (Å²) in [6.07, 6.45) is 2.35. The Balaban J connectivity index is 1.62. The molecule has 0 unspecified atom stereocenters. The zero-order chi connectivity index (χ0) is 23.9. The molecular formula is C31H36N2S. The minimum Gasteiger partial charge on any atom is -0.360 e. The molecular weight excluding hydrogens is 432 g/mol. The van der Waals surface area contributed by atoms with Crippen LogP contribution in [0.5, 0.6) is 0 Å². The van der Waals surface area contributed by atoms with Gasteiger partial charge in [-0.3, -0.25) is 0 Å². The number of aryl methyl sites for hydroxylation is 1. The van der Waals surface area contributed by atoms with E-state index in [1.54, 1.807) is 0 Å². The minimum absolute atomic E-state index is 0.863. The van der Waals surface area contributed by atoms with E-state index in [4.69, 9.17) is 0 Å². The number of nitrogens with zero attached hydrogens (tertiary/aromatic N) is 2. The van der Waals surface area contributed by atoms with Gasteiger partial charge in [0.15, 0.2) is 0 Å². The van der Waals surface area contributed by atoms with Crippen molar-refractivity contribution in [3.05, 3.63) is 95.0 Å². The van der Waals surface area contributed by atoms with Crippen molar-refractivity contribution in [3.63, 3.8) is 0 Å². The van der Waals surface area contributed by atoms with Crippen LogP contribution in [0, 0.1) is 6.92 Å². The molecule has 0 amide bonds. The first-order chi connectivity index (χ1) is 16.6. The fourth-order valence-corrected chi connectivity index (χ4v) is 6.00. The van der Waals surface area contributed by atoms with E-state index in [1.807, 2.05) is 11.3 Å². The van der Waals surface area contributed by atoms with Crippen LogP contribution < -0.4 is 0 Å². The van der Waals surface area contributed by atoms with E-state index < -0.39 is 0 Å². The standard InChI is InChI=1S/C31H36N2S/c1-5-29(31-24(4)28-16-10-11-17-30(28)34-31)33(21-13-12-20-32(6-2)7-3)23-25-18-19-26-14-8-9-15-27(26)22-25/h8-11,14-19,22H,1,6-7,12-13,20-21,23H2,2-4H3. The third kappa shape index (κ3) is 5.45. The van der Waals surface area contributed by atoms with Crippen molar-refractivity contribution in [2.24, 2.45) is 0 Å². The molecule has 0 aliphatic heterocycles. The zero-order valence-corrected chi connectivity index (χ0v) is 21.6. The first kappa shape index (κ1) is 24.3. The van der Waals surface area contributed by atoms with Crippen molar-refractivity contribution in [1.82, 2.24) is 9.80 Å². The molecule has 0 fully saturated rings.